The highest BCUT2D eigenvalue weighted by atomic mass is 16.7. The molecule has 1 aromatic heterocycles. The van der Waals surface area contributed by atoms with Gasteiger partial charge in [-0.25, -0.2) is 4.79 Å². The van der Waals surface area contributed by atoms with E-state index in [1.807, 2.05) is 0 Å². The van der Waals surface area contributed by atoms with E-state index < -0.39 is 100 Å². The standard InChI is InChI=1S/C28H24O15/c29-9-19-21(36)23(38)26(42-27(39)11-2-4-14(32)16(34)6-11)28(41-19)43-25-22(37)20-17(35)7-12(30)8-18(20)40-24(25)10-1-3-13(31)15(33)5-10/h1-8,19,21,23,26,28-36,38H,9H2/t19-,21-,23+,26-,28+/m1/s1. The largest absolute Gasteiger partial charge is 0.508 e. The van der Waals surface area contributed by atoms with Gasteiger partial charge in [-0.3, -0.25) is 4.79 Å². The van der Waals surface area contributed by atoms with E-state index in [-0.39, 0.29) is 16.7 Å². The van der Waals surface area contributed by atoms with Crippen LogP contribution in [-0.4, -0.2) is 89.2 Å². The van der Waals surface area contributed by atoms with Crippen LogP contribution in [-0.2, 0) is 9.47 Å². The fourth-order valence-corrected chi connectivity index (χ4v) is 4.46. The Morgan fingerprint density at radius 3 is 2.14 bits per heavy atom. The van der Waals surface area contributed by atoms with Crippen molar-refractivity contribution in [2.75, 3.05) is 6.61 Å². The first-order valence-electron chi connectivity index (χ1n) is 12.5. The van der Waals surface area contributed by atoms with Crippen LogP contribution in [0, 0.1) is 0 Å². The molecule has 3 aromatic carbocycles. The molecule has 226 valence electrons. The van der Waals surface area contributed by atoms with Gasteiger partial charge in [-0.1, -0.05) is 0 Å². The highest BCUT2D eigenvalue weighted by Gasteiger charge is 2.48. The normalized spacial score (nSPS) is 21.9. The average molecular weight is 600 g/mol. The minimum Gasteiger partial charge on any atom is -0.508 e. The second-order valence-electron chi connectivity index (χ2n) is 9.53. The Hall–Kier alpha value is -5.22. The van der Waals surface area contributed by atoms with Gasteiger partial charge in [0, 0.05) is 17.7 Å². The molecule has 15 heteroatoms. The molecule has 0 aliphatic carbocycles. The molecule has 1 aliphatic heterocycles. The molecule has 0 radical (unpaired) electrons. The molecule has 5 rings (SSSR count). The van der Waals surface area contributed by atoms with Crippen molar-refractivity contribution in [2.45, 2.75) is 30.7 Å². The molecule has 1 fully saturated rings. The zero-order chi connectivity index (χ0) is 31.2. The summed E-state index contributed by atoms with van der Waals surface area (Å²) >= 11 is 0. The fourth-order valence-electron chi connectivity index (χ4n) is 4.46. The van der Waals surface area contributed by atoms with Crippen LogP contribution < -0.4 is 10.2 Å². The number of rotatable bonds is 6. The zero-order valence-corrected chi connectivity index (χ0v) is 21.7. The molecule has 0 bridgehead atoms. The number of ether oxygens (including phenoxy) is 3. The van der Waals surface area contributed by atoms with Crippen LogP contribution >= 0.6 is 0 Å². The van der Waals surface area contributed by atoms with Gasteiger partial charge in [-0.2, -0.15) is 0 Å². The van der Waals surface area contributed by atoms with Gasteiger partial charge in [0.25, 0.3) is 0 Å². The van der Waals surface area contributed by atoms with Crippen LogP contribution in [0.5, 0.6) is 40.2 Å². The summed E-state index contributed by atoms with van der Waals surface area (Å²) in [7, 11) is 0. The highest BCUT2D eigenvalue weighted by Crippen LogP contribution is 2.39. The Kier molecular flexibility index (Phi) is 7.64. The van der Waals surface area contributed by atoms with E-state index in [9.17, 15) is 55.5 Å². The lowest BCUT2D eigenvalue weighted by Gasteiger charge is -2.41. The molecule has 0 saturated carbocycles. The zero-order valence-electron chi connectivity index (χ0n) is 21.7. The van der Waals surface area contributed by atoms with Gasteiger partial charge in [0.2, 0.25) is 17.5 Å². The third-order valence-electron chi connectivity index (χ3n) is 6.67. The minimum absolute atomic E-state index is 0.0599. The van der Waals surface area contributed by atoms with Gasteiger partial charge in [-0.05, 0) is 36.4 Å². The number of hydrogen-bond donors (Lipinski definition) is 9. The molecule has 5 atom stereocenters. The summed E-state index contributed by atoms with van der Waals surface area (Å²) in [6.45, 7) is -0.852. The lowest BCUT2D eigenvalue weighted by atomic mass is 9.99. The number of aliphatic hydroxyl groups excluding tert-OH is 3. The molecule has 15 nitrogen and oxygen atoms in total. The van der Waals surface area contributed by atoms with Crippen molar-refractivity contribution < 1.29 is 69.4 Å². The number of benzene rings is 3. The molecular weight excluding hydrogens is 576 g/mol. The predicted octanol–water partition coefficient (Wildman–Crippen LogP) is 0.737. The topological polar surface area (TPSA) is 257 Å². The molecule has 9 N–H and O–H groups in total. The third kappa shape index (κ3) is 5.40. The van der Waals surface area contributed by atoms with E-state index in [0.29, 0.717) is 0 Å². The summed E-state index contributed by atoms with van der Waals surface area (Å²) in [6.07, 6.45) is -9.12. The Bertz CT molecular complexity index is 1760. The number of aromatic hydroxyl groups is 6. The Balaban J connectivity index is 1.63. The van der Waals surface area contributed by atoms with Crippen molar-refractivity contribution in [2.24, 2.45) is 0 Å². The number of carbonyl (C=O) groups excluding carboxylic acids is 1. The second-order valence-corrected chi connectivity index (χ2v) is 9.53. The van der Waals surface area contributed by atoms with E-state index in [2.05, 4.69) is 0 Å². The molecule has 43 heavy (non-hydrogen) atoms. The van der Waals surface area contributed by atoms with Crippen LogP contribution in [0.2, 0.25) is 0 Å². The van der Waals surface area contributed by atoms with Crippen LogP contribution in [0.15, 0.2) is 57.7 Å². The molecule has 2 heterocycles. The monoisotopic (exact) mass is 600 g/mol. The quantitative estimate of drug-likeness (QED) is 0.109. The average Bonchev–Trinajstić information content (AvgIpc) is 2.96. The molecule has 1 aliphatic rings. The van der Waals surface area contributed by atoms with E-state index in [4.69, 9.17) is 18.6 Å². The maximum absolute atomic E-state index is 13.7. The van der Waals surface area contributed by atoms with Gasteiger partial charge >= 0.3 is 5.97 Å². The van der Waals surface area contributed by atoms with Crippen molar-refractivity contribution in [3.05, 3.63) is 64.3 Å². The number of fused-ring (bicyclic) bond motifs is 1. The minimum atomic E-state index is -1.97. The Morgan fingerprint density at radius 1 is 0.814 bits per heavy atom. The predicted molar refractivity (Wildman–Crippen MR) is 142 cm³/mol. The summed E-state index contributed by atoms with van der Waals surface area (Å²) in [4.78, 5) is 26.6. The number of phenolic OH excluding ortho intramolecular Hbond substituents is 6. The first-order chi connectivity index (χ1) is 20.4. The van der Waals surface area contributed by atoms with Crippen molar-refractivity contribution in [3.63, 3.8) is 0 Å². The summed E-state index contributed by atoms with van der Waals surface area (Å²) in [5.74, 6) is -5.87. The molecular formula is C28H24O15. The lowest BCUT2D eigenvalue weighted by Crippen LogP contribution is -2.61. The van der Waals surface area contributed by atoms with Crippen LogP contribution in [0.4, 0.5) is 0 Å². The smallest absolute Gasteiger partial charge is 0.338 e. The maximum Gasteiger partial charge on any atom is 0.338 e. The van der Waals surface area contributed by atoms with Crippen molar-refractivity contribution >= 4 is 16.9 Å². The summed E-state index contributed by atoms with van der Waals surface area (Å²) in [5.41, 5.74) is -1.73. The number of aliphatic hydroxyl groups is 3. The first-order valence-corrected chi connectivity index (χ1v) is 12.5. The Labute approximate surface area is 239 Å². The van der Waals surface area contributed by atoms with Crippen LogP contribution in [0.25, 0.3) is 22.3 Å². The van der Waals surface area contributed by atoms with Gasteiger partial charge < -0.3 is 64.6 Å². The lowest BCUT2D eigenvalue weighted by molar-refractivity contribution is -0.276. The van der Waals surface area contributed by atoms with Gasteiger partial charge in [-0.15, -0.1) is 0 Å². The van der Waals surface area contributed by atoms with Crippen molar-refractivity contribution in [1.82, 2.24) is 0 Å². The first kappa shape index (κ1) is 29.3. The number of esters is 1. The maximum atomic E-state index is 13.7. The highest BCUT2D eigenvalue weighted by molar-refractivity contribution is 5.90. The van der Waals surface area contributed by atoms with E-state index in [1.54, 1.807) is 0 Å². The second kappa shape index (κ2) is 11.2. The molecule has 1 saturated heterocycles. The van der Waals surface area contributed by atoms with E-state index in [1.165, 1.54) is 6.07 Å². The third-order valence-corrected chi connectivity index (χ3v) is 6.67. The molecule has 0 amide bonds. The molecule has 0 spiro atoms. The van der Waals surface area contributed by atoms with Gasteiger partial charge in [0.15, 0.2) is 34.9 Å². The van der Waals surface area contributed by atoms with Gasteiger partial charge in [0.1, 0.15) is 40.8 Å². The summed E-state index contributed by atoms with van der Waals surface area (Å²) in [5, 5.41) is 90.0. The number of hydrogen-bond acceptors (Lipinski definition) is 15. The number of phenols is 6. The Morgan fingerprint density at radius 2 is 1.49 bits per heavy atom. The summed E-state index contributed by atoms with van der Waals surface area (Å²) in [6, 6.07) is 8.10. The van der Waals surface area contributed by atoms with E-state index in [0.717, 1.165) is 42.5 Å². The number of carbonyl (C=O) groups is 1. The van der Waals surface area contributed by atoms with Crippen LogP contribution in [0.3, 0.4) is 0 Å². The molecule has 4 aromatic rings. The van der Waals surface area contributed by atoms with Crippen molar-refractivity contribution in [3.8, 4) is 51.6 Å². The SMILES string of the molecule is O=C(O[C@H]1[C@H](Oc2c(-c3ccc(O)c(O)c3)oc3cc(O)cc(O)c3c2=O)O[C@H](CO)[C@@H](O)[C@@H]1O)c1ccc(O)c(O)c1. The molecule has 0 unspecified atom stereocenters. The summed E-state index contributed by atoms with van der Waals surface area (Å²) < 4.78 is 22.4. The fraction of sp³-hybridized carbons (Fsp3) is 0.214. The van der Waals surface area contributed by atoms with Gasteiger partial charge in [0.05, 0.1) is 12.2 Å². The van der Waals surface area contributed by atoms with Crippen molar-refractivity contribution in [1.29, 1.82) is 0 Å². The van der Waals surface area contributed by atoms with Crippen LogP contribution in [0.1, 0.15) is 10.4 Å². The van der Waals surface area contributed by atoms with E-state index >= 15 is 0 Å².